The van der Waals surface area contributed by atoms with Gasteiger partial charge in [-0.3, -0.25) is 0 Å². The van der Waals surface area contributed by atoms with Crippen molar-refractivity contribution in [1.29, 1.82) is 0 Å². The van der Waals surface area contributed by atoms with Crippen molar-refractivity contribution in [2.45, 2.75) is 32.7 Å². The lowest BCUT2D eigenvalue weighted by atomic mass is 10.2. The van der Waals surface area contributed by atoms with Gasteiger partial charge in [0.25, 0.3) is 0 Å². The van der Waals surface area contributed by atoms with E-state index >= 15 is 0 Å². The van der Waals surface area contributed by atoms with E-state index in [0.29, 0.717) is 18.0 Å². The number of carbonyl (C=O) groups excluding carboxylic acids is 1. The molecule has 0 aliphatic carbocycles. The van der Waals surface area contributed by atoms with Gasteiger partial charge in [-0.2, -0.15) is 0 Å². The number of aromatic nitrogens is 1. The monoisotopic (exact) mass is 252 g/mol. The molecule has 18 heavy (non-hydrogen) atoms. The van der Waals surface area contributed by atoms with Gasteiger partial charge in [-0.1, -0.05) is 0 Å². The van der Waals surface area contributed by atoms with E-state index in [1.165, 1.54) is 6.20 Å². The zero-order chi connectivity index (χ0) is 13.4. The molecule has 0 saturated carbocycles. The second-order valence-corrected chi connectivity index (χ2v) is 4.06. The van der Waals surface area contributed by atoms with Crippen molar-refractivity contribution in [3.8, 4) is 0 Å². The van der Waals surface area contributed by atoms with Crippen LogP contribution in [0, 0.1) is 0 Å². The number of esters is 1. The van der Waals surface area contributed by atoms with Crippen LogP contribution < -0.4 is 5.32 Å². The second-order valence-electron chi connectivity index (χ2n) is 4.06. The number of nitrogens with one attached hydrogen (secondary N) is 1. The van der Waals surface area contributed by atoms with Gasteiger partial charge in [0.2, 0.25) is 0 Å². The first-order valence-electron chi connectivity index (χ1n) is 6.18. The number of aliphatic hydroxyl groups excluding tert-OH is 1. The number of hydrogen-bond acceptors (Lipinski definition) is 5. The highest BCUT2D eigenvalue weighted by molar-refractivity contribution is 5.89. The minimum atomic E-state index is -0.357. The Morgan fingerprint density at radius 3 is 2.89 bits per heavy atom. The molecule has 0 aliphatic heterocycles. The Morgan fingerprint density at radius 2 is 2.33 bits per heavy atom. The van der Waals surface area contributed by atoms with Gasteiger partial charge in [-0.05, 0) is 38.8 Å². The molecule has 2 N–H and O–H groups in total. The number of pyridine rings is 1. The lowest BCUT2D eigenvalue weighted by Gasteiger charge is -2.13. The van der Waals surface area contributed by atoms with Crippen LogP contribution in [0.5, 0.6) is 0 Å². The van der Waals surface area contributed by atoms with Crippen LogP contribution in [0.4, 0.5) is 5.82 Å². The fraction of sp³-hybridized carbons (Fsp3) is 0.538. The number of aliphatic hydroxyl groups is 1. The number of hydrogen-bond donors (Lipinski definition) is 2. The molecule has 0 amide bonds. The van der Waals surface area contributed by atoms with Gasteiger partial charge in [-0.15, -0.1) is 0 Å². The molecule has 5 nitrogen and oxygen atoms in total. The number of rotatable bonds is 7. The Labute approximate surface area is 107 Å². The molecular weight excluding hydrogens is 232 g/mol. The predicted octanol–water partition coefficient (Wildman–Crippen LogP) is 1.83. The summed E-state index contributed by atoms with van der Waals surface area (Å²) in [4.78, 5) is 15.6. The van der Waals surface area contributed by atoms with Gasteiger partial charge >= 0.3 is 5.97 Å². The second kappa shape index (κ2) is 7.66. The van der Waals surface area contributed by atoms with Crippen molar-refractivity contribution in [3.63, 3.8) is 0 Å². The fourth-order valence-electron chi connectivity index (χ4n) is 1.54. The maximum atomic E-state index is 11.4. The molecule has 0 aliphatic rings. The maximum Gasteiger partial charge on any atom is 0.339 e. The average molecular weight is 252 g/mol. The third-order valence-corrected chi connectivity index (χ3v) is 2.46. The average Bonchev–Trinajstić information content (AvgIpc) is 2.37. The van der Waals surface area contributed by atoms with Gasteiger partial charge < -0.3 is 15.2 Å². The molecule has 1 heterocycles. The summed E-state index contributed by atoms with van der Waals surface area (Å²) in [5.74, 6) is 0.360. The summed E-state index contributed by atoms with van der Waals surface area (Å²) in [5.41, 5.74) is 0.449. The molecule has 1 atom stereocenters. The Balaban J connectivity index is 2.52. The van der Waals surface area contributed by atoms with Gasteiger partial charge in [0.1, 0.15) is 5.82 Å². The molecule has 5 heteroatoms. The molecule has 100 valence electrons. The Hall–Kier alpha value is -1.62. The fourth-order valence-corrected chi connectivity index (χ4v) is 1.54. The summed E-state index contributed by atoms with van der Waals surface area (Å²) in [6, 6.07) is 3.67. The molecule has 0 radical (unpaired) electrons. The molecule has 1 aromatic rings. The molecule has 0 aromatic carbocycles. The van der Waals surface area contributed by atoms with Crippen molar-refractivity contribution in [3.05, 3.63) is 23.9 Å². The zero-order valence-electron chi connectivity index (χ0n) is 10.8. The first-order chi connectivity index (χ1) is 8.67. The van der Waals surface area contributed by atoms with E-state index in [0.717, 1.165) is 12.8 Å². The summed E-state index contributed by atoms with van der Waals surface area (Å²) < 4.78 is 4.87. The summed E-state index contributed by atoms with van der Waals surface area (Å²) in [5, 5.41) is 11.9. The molecule has 1 aromatic heterocycles. The SMILES string of the molecule is CCOC(=O)c1ccc(NC(C)CCCO)nc1. The third kappa shape index (κ3) is 4.71. The highest BCUT2D eigenvalue weighted by Crippen LogP contribution is 2.09. The van der Waals surface area contributed by atoms with Crippen molar-refractivity contribution in [1.82, 2.24) is 4.98 Å². The van der Waals surface area contributed by atoms with Crippen LogP contribution in [0.2, 0.25) is 0 Å². The van der Waals surface area contributed by atoms with Crippen LogP contribution in [-0.2, 0) is 4.74 Å². The Bertz CT molecular complexity index is 365. The Kier molecular flexibility index (Phi) is 6.14. The van der Waals surface area contributed by atoms with E-state index in [1.54, 1.807) is 19.1 Å². The number of nitrogens with zero attached hydrogens (tertiary/aromatic N) is 1. The zero-order valence-corrected chi connectivity index (χ0v) is 10.8. The van der Waals surface area contributed by atoms with Crippen LogP contribution >= 0.6 is 0 Å². The highest BCUT2D eigenvalue weighted by Gasteiger charge is 2.07. The van der Waals surface area contributed by atoms with Gasteiger partial charge in [0, 0.05) is 18.8 Å². The summed E-state index contributed by atoms with van der Waals surface area (Å²) >= 11 is 0. The normalized spacial score (nSPS) is 11.9. The van der Waals surface area contributed by atoms with E-state index in [-0.39, 0.29) is 18.6 Å². The van der Waals surface area contributed by atoms with E-state index in [4.69, 9.17) is 9.84 Å². The topological polar surface area (TPSA) is 71.5 Å². The summed E-state index contributed by atoms with van der Waals surface area (Å²) in [6.45, 7) is 4.35. The Morgan fingerprint density at radius 1 is 1.56 bits per heavy atom. The van der Waals surface area contributed by atoms with Crippen LogP contribution in [0.25, 0.3) is 0 Å². The lowest BCUT2D eigenvalue weighted by molar-refractivity contribution is 0.0526. The van der Waals surface area contributed by atoms with Crippen LogP contribution in [-0.4, -0.2) is 35.3 Å². The molecule has 1 rings (SSSR count). The molecule has 1 unspecified atom stereocenters. The highest BCUT2D eigenvalue weighted by atomic mass is 16.5. The molecule has 0 spiro atoms. The first-order valence-corrected chi connectivity index (χ1v) is 6.18. The van der Waals surface area contributed by atoms with E-state index in [2.05, 4.69) is 10.3 Å². The first kappa shape index (κ1) is 14.4. The van der Waals surface area contributed by atoms with Crippen molar-refractivity contribution in [2.24, 2.45) is 0 Å². The van der Waals surface area contributed by atoms with Gasteiger partial charge in [0.05, 0.1) is 12.2 Å². The molecule has 0 fully saturated rings. The van der Waals surface area contributed by atoms with Crippen LogP contribution in [0.3, 0.4) is 0 Å². The van der Waals surface area contributed by atoms with Crippen LogP contribution in [0.15, 0.2) is 18.3 Å². The van der Waals surface area contributed by atoms with Gasteiger partial charge in [-0.25, -0.2) is 9.78 Å². The summed E-state index contributed by atoms with van der Waals surface area (Å²) in [7, 11) is 0. The quantitative estimate of drug-likeness (QED) is 0.724. The van der Waals surface area contributed by atoms with Gasteiger partial charge in [0.15, 0.2) is 0 Å². The van der Waals surface area contributed by atoms with Crippen molar-refractivity contribution >= 4 is 11.8 Å². The van der Waals surface area contributed by atoms with Crippen molar-refractivity contribution in [2.75, 3.05) is 18.5 Å². The number of carbonyl (C=O) groups is 1. The van der Waals surface area contributed by atoms with Crippen LogP contribution in [0.1, 0.15) is 37.0 Å². The molecular formula is C13H20N2O3. The smallest absolute Gasteiger partial charge is 0.339 e. The largest absolute Gasteiger partial charge is 0.462 e. The van der Waals surface area contributed by atoms with E-state index in [1.807, 2.05) is 6.92 Å². The molecule has 0 bridgehead atoms. The number of anilines is 1. The minimum Gasteiger partial charge on any atom is -0.462 e. The number of ether oxygens (including phenoxy) is 1. The third-order valence-electron chi connectivity index (χ3n) is 2.46. The standard InChI is InChI=1S/C13H20N2O3/c1-3-18-13(17)11-6-7-12(14-9-11)15-10(2)5-4-8-16/h6-7,9-10,16H,3-5,8H2,1-2H3,(H,14,15). The maximum absolute atomic E-state index is 11.4. The van der Waals surface area contributed by atoms with E-state index < -0.39 is 0 Å². The minimum absolute atomic E-state index is 0.196. The molecule has 0 saturated heterocycles. The lowest BCUT2D eigenvalue weighted by Crippen LogP contribution is -2.16. The van der Waals surface area contributed by atoms with E-state index in [9.17, 15) is 4.79 Å². The predicted molar refractivity (Wildman–Crippen MR) is 69.6 cm³/mol. The summed E-state index contributed by atoms with van der Waals surface area (Å²) in [6.07, 6.45) is 3.13. The van der Waals surface area contributed by atoms with Crippen molar-refractivity contribution < 1.29 is 14.6 Å².